The van der Waals surface area contributed by atoms with Crippen LogP contribution in [0, 0.1) is 12.7 Å². The Bertz CT molecular complexity index is 1190. The predicted molar refractivity (Wildman–Crippen MR) is 107 cm³/mol. The summed E-state index contributed by atoms with van der Waals surface area (Å²) in [6.07, 6.45) is 0. The van der Waals surface area contributed by atoms with Crippen molar-refractivity contribution in [1.82, 2.24) is 9.97 Å². The topological polar surface area (TPSA) is 25.8 Å². The maximum atomic E-state index is 13.4. The summed E-state index contributed by atoms with van der Waals surface area (Å²) in [5.74, 6) is -0.178. The van der Waals surface area contributed by atoms with Gasteiger partial charge < -0.3 is 0 Å². The van der Waals surface area contributed by atoms with E-state index in [0.29, 0.717) is 27.9 Å². The van der Waals surface area contributed by atoms with Crippen LogP contribution in [0.5, 0.6) is 0 Å². The van der Waals surface area contributed by atoms with E-state index in [9.17, 15) is 17.6 Å². The molecule has 4 aromatic rings. The lowest BCUT2D eigenvalue weighted by Gasteiger charge is -2.15. The number of para-hydroxylation sites is 1. The van der Waals surface area contributed by atoms with Gasteiger partial charge in [-0.15, -0.1) is 0 Å². The largest absolute Gasteiger partial charge is 0.446 e. The first-order valence-corrected chi connectivity index (χ1v) is 9.52. The lowest BCUT2D eigenvalue weighted by atomic mass is 10.0. The summed E-state index contributed by atoms with van der Waals surface area (Å²) in [4.78, 5) is 9.18. The Morgan fingerprint density at radius 1 is 0.828 bits per heavy atom. The van der Waals surface area contributed by atoms with Crippen LogP contribution in [-0.4, -0.2) is 15.5 Å². The highest BCUT2D eigenvalue weighted by molar-refractivity contribution is 8.00. The van der Waals surface area contributed by atoms with Crippen molar-refractivity contribution >= 4 is 22.7 Å². The summed E-state index contributed by atoms with van der Waals surface area (Å²) in [6.45, 7) is 1.73. The predicted octanol–water partition coefficient (Wildman–Crippen LogP) is 7.02. The zero-order chi connectivity index (χ0) is 20.6. The normalized spacial score (nSPS) is 11.8. The number of halogens is 4. The summed E-state index contributed by atoms with van der Waals surface area (Å²) in [6, 6.07) is 17.8. The average molecular weight is 414 g/mol. The van der Waals surface area contributed by atoms with Gasteiger partial charge in [-0.3, -0.25) is 0 Å². The SMILES string of the molecule is Cc1cccc(SC(F)(F)F)c1-c1nc(-c2ccc(F)cc2)c2ccccc2n1. The standard InChI is InChI=1S/C22H14F4N2S/c1-13-5-4-8-18(29-22(24,25)26)19(13)21-27-17-7-3-2-6-16(17)20(28-21)14-9-11-15(23)12-10-14/h2-12H,1H3. The second-order valence-corrected chi connectivity index (χ2v) is 7.52. The molecule has 0 saturated heterocycles. The van der Waals surface area contributed by atoms with E-state index in [0.717, 1.165) is 5.39 Å². The number of thioether (sulfide) groups is 1. The summed E-state index contributed by atoms with van der Waals surface area (Å²) in [5, 5.41) is 0.737. The van der Waals surface area contributed by atoms with E-state index in [1.807, 2.05) is 12.1 Å². The molecule has 0 unspecified atom stereocenters. The molecule has 0 bridgehead atoms. The summed E-state index contributed by atoms with van der Waals surface area (Å²) in [5.41, 5.74) is -1.66. The van der Waals surface area contributed by atoms with E-state index in [1.54, 1.807) is 43.3 Å². The van der Waals surface area contributed by atoms with E-state index in [4.69, 9.17) is 0 Å². The first kappa shape index (κ1) is 19.4. The zero-order valence-corrected chi connectivity index (χ0v) is 16.0. The minimum atomic E-state index is -4.43. The maximum Gasteiger partial charge on any atom is 0.446 e. The monoisotopic (exact) mass is 414 g/mol. The minimum Gasteiger partial charge on any atom is -0.228 e. The Kier molecular flexibility index (Phi) is 5.00. The molecule has 4 rings (SSSR count). The van der Waals surface area contributed by atoms with Crippen molar-refractivity contribution in [3.05, 3.63) is 78.1 Å². The van der Waals surface area contributed by atoms with E-state index in [1.165, 1.54) is 18.2 Å². The molecule has 0 atom stereocenters. The quantitative estimate of drug-likeness (QED) is 0.266. The molecule has 29 heavy (non-hydrogen) atoms. The molecule has 0 fully saturated rings. The smallest absolute Gasteiger partial charge is 0.228 e. The molecule has 0 aliphatic carbocycles. The van der Waals surface area contributed by atoms with Gasteiger partial charge >= 0.3 is 5.51 Å². The fourth-order valence-electron chi connectivity index (χ4n) is 3.15. The first-order valence-electron chi connectivity index (χ1n) is 8.70. The molecule has 3 aromatic carbocycles. The van der Waals surface area contributed by atoms with E-state index < -0.39 is 5.51 Å². The van der Waals surface area contributed by atoms with Gasteiger partial charge in [0.05, 0.1) is 11.2 Å². The zero-order valence-electron chi connectivity index (χ0n) is 15.2. The lowest BCUT2D eigenvalue weighted by Crippen LogP contribution is -2.03. The van der Waals surface area contributed by atoms with Crippen LogP contribution in [0.4, 0.5) is 17.6 Å². The molecule has 0 saturated carbocycles. The molecular formula is C22H14F4N2S. The molecule has 0 spiro atoms. The Labute approximate surface area is 168 Å². The average Bonchev–Trinajstić information content (AvgIpc) is 2.67. The number of aryl methyl sites for hydroxylation is 1. The Morgan fingerprint density at radius 2 is 1.55 bits per heavy atom. The molecule has 2 nitrogen and oxygen atoms in total. The Balaban J connectivity index is 1.98. The number of hydrogen-bond donors (Lipinski definition) is 0. The van der Waals surface area contributed by atoms with Crippen LogP contribution in [0.15, 0.2) is 71.6 Å². The maximum absolute atomic E-state index is 13.4. The van der Waals surface area contributed by atoms with E-state index >= 15 is 0 Å². The number of aromatic nitrogens is 2. The Morgan fingerprint density at radius 3 is 2.28 bits per heavy atom. The Hall–Kier alpha value is -2.93. The van der Waals surface area contributed by atoms with Gasteiger partial charge in [0, 0.05) is 21.4 Å². The third kappa shape index (κ3) is 4.10. The number of nitrogens with zero attached hydrogens (tertiary/aromatic N) is 2. The van der Waals surface area contributed by atoms with Crippen LogP contribution >= 0.6 is 11.8 Å². The van der Waals surface area contributed by atoms with Gasteiger partial charge in [-0.2, -0.15) is 13.2 Å². The van der Waals surface area contributed by atoms with Gasteiger partial charge in [0.2, 0.25) is 0 Å². The molecule has 1 aromatic heterocycles. The second-order valence-electron chi connectivity index (χ2n) is 6.42. The molecule has 0 amide bonds. The third-order valence-electron chi connectivity index (χ3n) is 4.40. The van der Waals surface area contributed by atoms with Crippen molar-refractivity contribution in [2.45, 2.75) is 17.3 Å². The fourth-order valence-corrected chi connectivity index (χ4v) is 3.90. The third-order valence-corrected chi connectivity index (χ3v) is 5.20. The van der Waals surface area contributed by atoms with Gasteiger partial charge in [0.1, 0.15) is 5.82 Å². The van der Waals surface area contributed by atoms with Crippen molar-refractivity contribution in [1.29, 1.82) is 0 Å². The van der Waals surface area contributed by atoms with Crippen LogP contribution in [0.3, 0.4) is 0 Å². The number of benzene rings is 3. The van der Waals surface area contributed by atoms with E-state index in [-0.39, 0.29) is 28.3 Å². The summed E-state index contributed by atoms with van der Waals surface area (Å²) < 4.78 is 52.7. The highest BCUT2D eigenvalue weighted by Crippen LogP contribution is 2.42. The number of rotatable bonds is 3. The van der Waals surface area contributed by atoms with Gasteiger partial charge in [-0.25, -0.2) is 14.4 Å². The second kappa shape index (κ2) is 7.48. The van der Waals surface area contributed by atoms with Gasteiger partial charge in [0.25, 0.3) is 0 Å². The number of fused-ring (bicyclic) bond motifs is 1. The molecule has 0 N–H and O–H groups in total. The number of alkyl halides is 3. The molecule has 1 heterocycles. The fraction of sp³-hybridized carbons (Fsp3) is 0.0909. The molecule has 146 valence electrons. The first-order chi connectivity index (χ1) is 13.8. The molecule has 7 heteroatoms. The highest BCUT2D eigenvalue weighted by atomic mass is 32.2. The van der Waals surface area contributed by atoms with E-state index in [2.05, 4.69) is 9.97 Å². The van der Waals surface area contributed by atoms with Crippen LogP contribution < -0.4 is 0 Å². The summed E-state index contributed by atoms with van der Waals surface area (Å²) in [7, 11) is 0. The van der Waals surface area contributed by atoms with Crippen molar-refractivity contribution < 1.29 is 17.6 Å². The van der Waals surface area contributed by atoms with Crippen LogP contribution in [0.25, 0.3) is 33.5 Å². The highest BCUT2D eigenvalue weighted by Gasteiger charge is 2.31. The van der Waals surface area contributed by atoms with Crippen molar-refractivity contribution in [3.63, 3.8) is 0 Å². The van der Waals surface area contributed by atoms with Gasteiger partial charge in [-0.05, 0) is 60.6 Å². The van der Waals surface area contributed by atoms with Crippen LogP contribution in [0.1, 0.15) is 5.56 Å². The molecule has 0 radical (unpaired) electrons. The lowest BCUT2D eigenvalue weighted by molar-refractivity contribution is -0.0328. The van der Waals surface area contributed by atoms with Crippen molar-refractivity contribution in [2.24, 2.45) is 0 Å². The van der Waals surface area contributed by atoms with Gasteiger partial charge in [-0.1, -0.05) is 30.3 Å². The molecule has 0 aliphatic rings. The van der Waals surface area contributed by atoms with Gasteiger partial charge in [0.15, 0.2) is 5.82 Å². The molecule has 0 aliphatic heterocycles. The number of hydrogen-bond acceptors (Lipinski definition) is 3. The van der Waals surface area contributed by atoms with Crippen LogP contribution in [0.2, 0.25) is 0 Å². The van der Waals surface area contributed by atoms with Crippen molar-refractivity contribution in [3.8, 4) is 22.6 Å². The minimum absolute atomic E-state index is 0.0397. The molecular weight excluding hydrogens is 400 g/mol. The van der Waals surface area contributed by atoms with Crippen LogP contribution in [-0.2, 0) is 0 Å². The summed E-state index contributed by atoms with van der Waals surface area (Å²) >= 11 is -0.184. The van der Waals surface area contributed by atoms with Crippen molar-refractivity contribution in [2.75, 3.05) is 0 Å².